The van der Waals surface area contributed by atoms with Gasteiger partial charge in [0.2, 0.25) is 11.2 Å². The molecule has 0 atom stereocenters. The molecular weight excluding hydrogens is 292 g/mol. The standard InChI is InChI=1S/C13H17ClN6O/c14-11-17-12(15-8-9-2-4-10(21)5-3-9)19-13(18-11)20-7-1-6-16-20/h1,6-7,9-10,21H,2-5,8H2,(H,15,17,18,19). The second kappa shape index (κ2) is 6.36. The van der Waals surface area contributed by atoms with E-state index in [4.69, 9.17) is 11.6 Å². The molecule has 3 rings (SSSR count). The Morgan fingerprint density at radius 2 is 2.05 bits per heavy atom. The first-order valence-electron chi connectivity index (χ1n) is 7.04. The van der Waals surface area contributed by atoms with Crippen molar-refractivity contribution in [3.8, 4) is 5.95 Å². The lowest BCUT2D eigenvalue weighted by Crippen LogP contribution is -2.24. The van der Waals surface area contributed by atoms with Crippen molar-refractivity contribution >= 4 is 17.5 Å². The number of rotatable bonds is 4. The molecule has 0 saturated heterocycles. The molecule has 1 saturated carbocycles. The minimum Gasteiger partial charge on any atom is -0.393 e. The molecule has 2 aromatic heterocycles. The summed E-state index contributed by atoms with van der Waals surface area (Å²) >= 11 is 5.93. The first-order chi connectivity index (χ1) is 10.2. The van der Waals surface area contributed by atoms with Crippen molar-refractivity contribution in [1.29, 1.82) is 0 Å². The third kappa shape index (κ3) is 3.68. The Hall–Kier alpha value is -1.73. The Labute approximate surface area is 127 Å². The van der Waals surface area contributed by atoms with Crippen LogP contribution in [-0.2, 0) is 0 Å². The Balaban J connectivity index is 1.65. The topological polar surface area (TPSA) is 88.8 Å². The van der Waals surface area contributed by atoms with E-state index in [-0.39, 0.29) is 11.4 Å². The van der Waals surface area contributed by atoms with Crippen LogP contribution >= 0.6 is 11.6 Å². The van der Waals surface area contributed by atoms with Gasteiger partial charge in [0.15, 0.2) is 0 Å². The number of nitrogens with one attached hydrogen (secondary N) is 1. The molecule has 8 heteroatoms. The van der Waals surface area contributed by atoms with E-state index >= 15 is 0 Å². The van der Waals surface area contributed by atoms with Gasteiger partial charge in [0, 0.05) is 18.9 Å². The van der Waals surface area contributed by atoms with Crippen LogP contribution in [0.15, 0.2) is 18.5 Å². The average molecular weight is 309 g/mol. The molecule has 0 spiro atoms. The van der Waals surface area contributed by atoms with Crippen LogP contribution in [-0.4, -0.2) is 42.5 Å². The van der Waals surface area contributed by atoms with Gasteiger partial charge in [0.05, 0.1) is 6.10 Å². The van der Waals surface area contributed by atoms with Crippen LogP contribution < -0.4 is 5.32 Å². The van der Waals surface area contributed by atoms with Crippen LogP contribution in [0.1, 0.15) is 25.7 Å². The Morgan fingerprint density at radius 3 is 2.76 bits per heavy atom. The van der Waals surface area contributed by atoms with Gasteiger partial charge in [-0.1, -0.05) is 0 Å². The number of anilines is 1. The zero-order chi connectivity index (χ0) is 14.7. The van der Waals surface area contributed by atoms with E-state index in [1.165, 1.54) is 4.68 Å². The largest absolute Gasteiger partial charge is 0.393 e. The molecule has 0 radical (unpaired) electrons. The summed E-state index contributed by atoms with van der Waals surface area (Å²) in [5.74, 6) is 1.37. The molecule has 112 valence electrons. The third-order valence-electron chi connectivity index (χ3n) is 3.67. The lowest BCUT2D eigenvalue weighted by molar-refractivity contribution is 0.111. The minimum absolute atomic E-state index is 0.136. The average Bonchev–Trinajstić information content (AvgIpc) is 3.00. The summed E-state index contributed by atoms with van der Waals surface area (Å²) in [4.78, 5) is 12.4. The summed E-state index contributed by atoms with van der Waals surface area (Å²) in [6, 6.07) is 1.79. The van der Waals surface area contributed by atoms with Crippen LogP contribution in [0.4, 0.5) is 5.95 Å². The number of nitrogens with zero attached hydrogens (tertiary/aromatic N) is 5. The second-order valence-electron chi connectivity index (χ2n) is 5.23. The van der Waals surface area contributed by atoms with Crippen molar-refractivity contribution in [2.45, 2.75) is 31.8 Å². The van der Waals surface area contributed by atoms with Crippen molar-refractivity contribution in [3.05, 3.63) is 23.7 Å². The van der Waals surface area contributed by atoms with E-state index in [0.717, 1.165) is 32.2 Å². The molecule has 2 N–H and O–H groups in total. The van der Waals surface area contributed by atoms with Gasteiger partial charge in [0.25, 0.3) is 5.95 Å². The predicted octanol–water partition coefficient (Wildman–Crippen LogP) is 1.67. The fraction of sp³-hybridized carbons (Fsp3) is 0.538. The fourth-order valence-electron chi connectivity index (χ4n) is 2.49. The van der Waals surface area contributed by atoms with Crippen molar-refractivity contribution < 1.29 is 5.11 Å². The summed E-state index contributed by atoms with van der Waals surface area (Å²) in [5, 5.41) is 16.9. The van der Waals surface area contributed by atoms with Crippen LogP contribution in [0.2, 0.25) is 5.28 Å². The number of hydrogen-bond donors (Lipinski definition) is 2. The molecule has 0 bridgehead atoms. The van der Waals surface area contributed by atoms with Crippen LogP contribution in [0.25, 0.3) is 5.95 Å². The second-order valence-corrected chi connectivity index (χ2v) is 5.57. The Kier molecular flexibility index (Phi) is 4.31. The van der Waals surface area contributed by atoms with E-state index in [2.05, 4.69) is 25.4 Å². The Bertz CT molecular complexity index is 582. The van der Waals surface area contributed by atoms with Gasteiger partial charge in [-0.25, -0.2) is 4.68 Å². The molecule has 7 nitrogen and oxygen atoms in total. The maximum atomic E-state index is 9.51. The molecule has 0 aromatic carbocycles. The molecular formula is C13H17ClN6O. The number of aliphatic hydroxyl groups is 1. The van der Waals surface area contributed by atoms with Crippen LogP contribution in [0.5, 0.6) is 0 Å². The molecule has 1 aliphatic rings. The molecule has 1 fully saturated rings. The number of halogens is 1. The highest BCUT2D eigenvalue weighted by Gasteiger charge is 2.19. The van der Waals surface area contributed by atoms with Crippen molar-refractivity contribution in [2.24, 2.45) is 5.92 Å². The van der Waals surface area contributed by atoms with Crippen molar-refractivity contribution in [3.63, 3.8) is 0 Å². The van der Waals surface area contributed by atoms with Gasteiger partial charge in [-0.15, -0.1) is 0 Å². The number of aromatic nitrogens is 5. The molecule has 0 amide bonds. The highest BCUT2D eigenvalue weighted by molar-refractivity contribution is 6.28. The van der Waals surface area contributed by atoms with Crippen molar-refractivity contribution in [2.75, 3.05) is 11.9 Å². The zero-order valence-electron chi connectivity index (χ0n) is 11.5. The van der Waals surface area contributed by atoms with Crippen molar-refractivity contribution in [1.82, 2.24) is 24.7 Å². The van der Waals surface area contributed by atoms with Gasteiger partial charge in [-0.05, 0) is 49.3 Å². The normalized spacial score (nSPS) is 22.2. The summed E-state index contributed by atoms with van der Waals surface area (Å²) in [6.07, 6.45) is 7.01. The third-order valence-corrected chi connectivity index (χ3v) is 3.84. The van der Waals surface area contributed by atoms with E-state index in [1.807, 2.05) is 0 Å². The number of hydrogen-bond acceptors (Lipinski definition) is 6. The highest BCUT2D eigenvalue weighted by Crippen LogP contribution is 2.24. The van der Waals surface area contributed by atoms with E-state index in [1.54, 1.807) is 18.5 Å². The lowest BCUT2D eigenvalue weighted by atomic mass is 9.87. The van der Waals surface area contributed by atoms with E-state index < -0.39 is 0 Å². The fourth-order valence-corrected chi connectivity index (χ4v) is 2.65. The van der Waals surface area contributed by atoms with E-state index in [0.29, 0.717) is 17.8 Å². The zero-order valence-corrected chi connectivity index (χ0v) is 12.2. The molecule has 2 aromatic rings. The van der Waals surface area contributed by atoms with Crippen LogP contribution in [0.3, 0.4) is 0 Å². The van der Waals surface area contributed by atoms with Gasteiger partial charge < -0.3 is 10.4 Å². The molecule has 0 aliphatic heterocycles. The maximum Gasteiger partial charge on any atom is 0.256 e. The Morgan fingerprint density at radius 1 is 1.24 bits per heavy atom. The SMILES string of the molecule is OC1CCC(CNc2nc(Cl)nc(-n3cccn3)n2)CC1. The summed E-state index contributed by atoms with van der Waals surface area (Å²) in [7, 11) is 0. The first-order valence-corrected chi connectivity index (χ1v) is 7.42. The lowest BCUT2D eigenvalue weighted by Gasteiger charge is -2.25. The number of aliphatic hydroxyl groups excluding tert-OH is 1. The maximum absolute atomic E-state index is 9.51. The smallest absolute Gasteiger partial charge is 0.256 e. The summed E-state index contributed by atoms with van der Waals surface area (Å²) in [6.45, 7) is 0.769. The molecule has 0 unspecified atom stereocenters. The monoisotopic (exact) mass is 308 g/mol. The first kappa shape index (κ1) is 14.2. The molecule has 1 aliphatic carbocycles. The predicted molar refractivity (Wildman–Crippen MR) is 78.4 cm³/mol. The highest BCUT2D eigenvalue weighted by atomic mass is 35.5. The molecule has 21 heavy (non-hydrogen) atoms. The molecule has 2 heterocycles. The quantitative estimate of drug-likeness (QED) is 0.893. The minimum atomic E-state index is -0.140. The summed E-state index contributed by atoms with van der Waals surface area (Å²) < 4.78 is 1.54. The van der Waals surface area contributed by atoms with Gasteiger partial charge >= 0.3 is 0 Å². The summed E-state index contributed by atoms with van der Waals surface area (Å²) in [5.41, 5.74) is 0. The van der Waals surface area contributed by atoms with Gasteiger partial charge in [-0.3, -0.25) is 0 Å². The van der Waals surface area contributed by atoms with Gasteiger partial charge in [0.1, 0.15) is 0 Å². The van der Waals surface area contributed by atoms with Crippen LogP contribution in [0, 0.1) is 5.92 Å². The van der Waals surface area contributed by atoms with Gasteiger partial charge in [-0.2, -0.15) is 20.1 Å². The van der Waals surface area contributed by atoms with E-state index in [9.17, 15) is 5.11 Å².